The molecule has 0 unspecified atom stereocenters. The Balaban J connectivity index is 3.12. The fourth-order valence-electron chi connectivity index (χ4n) is 2.27. The Kier molecular flexibility index (Phi) is 7.10. The minimum Gasteiger partial charge on any atom is -0.458 e. The Bertz CT molecular complexity index is 377. The van der Waals surface area contributed by atoms with E-state index in [0.29, 0.717) is 19.1 Å². The third-order valence-electron chi connectivity index (χ3n) is 3.26. The van der Waals surface area contributed by atoms with E-state index in [-0.39, 0.29) is 0 Å². The second kappa shape index (κ2) is 8.32. The fourth-order valence-corrected chi connectivity index (χ4v) is 2.27. The zero-order valence-electron chi connectivity index (χ0n) is 13.7. The molecule has 1 heterocycles. The zero-order chi connectivity index (χ0) is 15.1. The molecule has 20 heavy (non-hydrogen) atoms. The topological polar surface area (TPSA) is 34.8 Å². The Morgan fingerprint density at radius 3 is 2.00 bits per heavy atom. The van der Waals surface area contributed by atoms with E-state index in [0.717, 1.165) is 30.3 Å². The van der Waals surface area contributed by atoms with Crippen molar-refractivity contribution >= 4 is 5.69 Å². The van der Waals surface area contributed by atoms with Gasteiger partial charge in [0.1, 0.15) is 5.76 Å². The minimum absolute atomic E-state index is 0.336. The molecule has 0 aliphatic carbocycles. The van der Waals surface area contributed by atoms with Crippen molar-refractivity contribution in [3.63, 3.8) is 0 Å². The van der Waals surface area contributed by atoms with E-state index in [4.69, 9.17) is 13.9 Å². The monoisotopic (exact) mass is 283 g/mol. The molecular weight excluding hydrogens is 254 g/mol. The Labute approximate surface area is 123 Å². The summed E-state index contributed by atoms with van der Waals surface area (Å²) >= 11 is 0. The largest absolute Gasteiger partial charge is 0.458 e. The lowest BCUT2D eigenvalue weighted by molar-refractivity contribution is -0.151. The van der Waals surface area contributed by atoms with Crippen LogP contribution in [0.25, 0.3) is 0 Å². The first-order valence-corrected chi connectivity index (χ1v) is 7.70. The highest BCUT2D eigenvalue weighted by atomic mass is 16.7. The molecule has 0 aliphatic rings. The highest BCUT2D eigenvalue weighted by Crippen LogP contribution is 2.35. The van der Waals surface area contributed by atoms with Gasteiger partial charge in [0.25, 0.3) is 0 Å². The van der Waals surface area contributed by atoms with Gasteiger partial charge < -0.3 is 18.8 Å². The highest BCUT2D eigenvalue weighted by Gasteiger charge is 2.23. The van der Waals surface area contributed by atoms with Gasteiger partial charge in [-0.25, -0.2) is 0 Å². The zero-order valence-corrected chi connectivity index (χ0v) is 13.7. The lowest BCUT2D eigenvalue weighted by Gasteiger charge is -2.21. The van der Waals surface area contributed by atoms with Crippen molar-refractivity contribution in [3.05, 3.63) is 17.6 Å². The molecule has 0 bridgehead atoms. The molecule has 1 rings (SSSR count). The molecule has 0 spiro atoms. The maximum absolute atomic E-state index is 6.04. The van der Waals surface area contributed by atoms with Gasteiger partial charge in [-0.2, -0.15) is 0 Å². The van der Waals surface area contributed by atoms with E-state index < -0.39 is 6.29 Å². The SMILES string of the molecule is CCOC(OCC)c1cc(N(CC)CC)c(C(C)C)o1. The maximum atomic E-state index is 6.04. The molecule has 4 heteroatoms. The van der Waals surface area contributed by atoms with Gasteiger partial charge in [0, 0.05) is 38.3 Å². The Morgan fingerprint density at radius 2 is 1.60 bits per heavy atom. The first-order valence-electron chi connectivity index (χ1n) is 7.70. The fraction of sp³-hybridized carbons (Fsp3) is 0.750. The van der Waals surface area contributed by atoms with Crippen molar-refractivity contribution in [1.82, 2.24) is 0 Å². The van der Waals surface area contributed by atoms with Crippen LogP contribution >= 0.6 is 0 Å². The maximum Gasteiger partial charge on any atom is 0.217 e. The molecule has 116 valence electrons. The van der Waals surface area contributed by atoms with E-state index in [2.05, 4.69) is 38.7 Å². The predicted octanol–water partition coefficient (Wildman–Crippen LogP) is 4.32. The third-order valence-corrected chi connectivity index (χ3v) is 3.26. The number of rotatable bonds is 9. The molecule has 0 fully saturated rings. The van der Waals surface area contributed by atoms with Crippen LogP contribution < -0.4 is 4.90 Å². The molecule has 0 aromatic carbocycles. The molecule has 4 nitrogen and oxygen atoms in total. The van der Waals surface area contributed by atoms with Crippen molar-refractivity contribution in [3.8, 4) is 0 Å². The molecule has 0 saturated carbocycles. The lowest BCUT2D eigenvalue weighted by Crippen LogP contribution is -2.22. The van der Waals surface area contributed by atoms with Gasteiger partial charge in [-0.05, 0) is 27.7 Å². The van der Waals surface area contributed by atoms with E-state index in [1.165, 1.54) is 0 Å². The lowest BCUT2D eigenvalue weighted by atomic mass is 10.1. The molecule has 0 radical (unpaired) electrons. The molecule has 0 saturated heterocycles. The van der Waals surface area contributed by atoms with Crippen LogP contribution in [0, 0.1) is 0 Å². The van der Waals surface area contributed by atoms with Gasteiger partial charge in [-0.15, -0.1) is 0 Å². The summed E-state index contributed by atoms with van der Waals surface area (Å²) in [4.78, 5) is 2.30. The molecule has 0 N–H and O–H groups in total. The average Bonchev–Trinajstić information content (AvgIpc) is 2.85. The first-order chi connectivity index (χ1) is 9.58. The predicted molar refractivity (Wildman–Crippen MR) is 82.4 cm³/mol. The standard InChI is InChI=1S/C16H29NO3/c1-7-17(8-2)13-11-14(20-15(13)12(5)6)16(18-9-3)19-10-4/h11-12,16H,7-10H2,1-6H3. The van der Waals surface area contributed by atoms with Crippen LogP contribution in [0.2, 0.25) is 0 Å². The van der Waals surface area contributed by atoms with Gasteiger partial charge >= 0.3 is 0 Å². The van der Waals surface area contributed by atoms with Crippen LogP contribution in [0.1, 0.15) is 65.3 Å². The summed E-state index contributed by atoms with van der Waals surface area (Å²) in [5, 5.41) is 0. The van der Waals surface area contributed by atoms with E-state index in [1.54, 1.807) is 0 Å². The minimum atomic E-state index is -0.410. The summed E-state index contributed by atoms with van der Waals surface area (Å²) in [7, 11) is 0. The normalized spacial score (nSPS) is 11.6. The first kappa shape index (κ1) is 17.1. The molecule has 0 atom stereocenters. The van der Waals surface area contributed by atoms with Gasteiger partial charge in [0.05, 0.1) is 5.69 Å². The van der Waals surface area contributed by atoms with E-state index >= 15 is 0 Å². The van der Waals surface area contributed by atoms with Crippen LogP contribution in [0.15, 0.2) is 10.5 Å². The van der Waals surface area contributed by atoms with Crippen LogP contribution in [0.5, 0.6) is 0 Å². The third kappa shape index (κ3) is 4.00. The second-order valence-electron chi connectivity index (χ2n) is 4.97. The summed E-state index contributed by atoms with van der Waals surface area (Å²) in [5.74, 6) is 2.11. The molecule has 0 aliphatic heterocycles. The molecule has 0 amide bonds. The molecular formula is C16H29NO3. The quantitative estimate of drug-likeness (QED) is 0.632. The summed E-state index contributed by atoms with van der Waals surface area (Å²) in [6.07, 6.45) is -0.410. The summed E-state index contributed by atoms with van der Waals surface area (Å²) in [6, 6.07) is 2.07. The molecule has 1 aromatic heterocycles. The number of hydrogen-bond acceptors (Lipinski definition) is 4. The van der Waals surface area contributed by atoms with Crippen molar-refractivity contribution < 1.29 is 13.9 Å². The Morgan fingerprint density at radius 1 is 1.05 bits per heavy atom. The summed E-state index contributed by atoms with van der Waals surface area (Å²) in [6.45, 7) is 15.6. The van der Waals surface area contributed by atoms with Crippen molar-refractivity contribution in [2.24, 2.45) is 0 Å². The number of ether oxygens (including phenoxy) is 2. The smallest absolute Gasteiger partial charge is 0.217 e. The highest BCUT2D eigenvalue weighted by molar-refractivity contribution is 5.52. The average molecular weight is 283 g/mol. The number of anilines is 1. The van der Waals surface area contributed by atoms with Crippen LogP contribution in [0.4, 0.5) is 5.69 Å². The van der Waals surface area contributed by atoms with E-state index in [9.17, 15) is 0 Å². The van der Waals surface area contributed by atoms with Crippen LogP contribution in [-0.2, 0) is 9.47 Å². The van der Waals surface area contributed by atoms with Crippen molar-refractivity contribution in [1.29, 1.82) is 0 Å². The number of hydrogen-bond donors (Lipinski definition) is 0. The van der Waals surface area contributed by atoms with Gasteiger partial charge in [0.15, 0.2) is 5.76 Å². The summed E-state index contributed by atoms with van der Waals surface area (Å²) in [5.41, 5.74) is 1.16. The van der Waals surface area contributed by atoms with Crippen LogP contribution in [-0.4, -0.2) is 26.3 Å². The van der Waals surface area contributed by atoms with Gasteiger partial charge in [-0.3, -0.25) is 0 Å². The Hall–Kier alpha value is -1.00. The summed E-state index contributed by atoms with van der Waals surface area (Å²) < 4.78 is 17.3. The molecule has 1 aromatic rings. The second-order valence-corrected chi connectivity index (χ2v) is 4.97. The van der Waals surface area contributed by atoms with Crippen molar-refractivity contribution in [2.45, 2.75) is 53.8 Å². The van der Waals surface area contributed by atoms with Gasteiger partial charge in [0.2, 0.25) is 6.29 Å². The number of furan rings is 1. The van der Waals surface area contributed by atoms with E-state index in [1.807, 2.05) is 13.8 Å². The van der Waals surface area contributed by atoms with Crippen molar-refractivity contribution in [2.75, 3.05) is 31.2 Å². The van der Waals surface area contributed by atoms with Gasteiger partial charge in [-0.1, -0.05) is 13.8 Å². The number of nitrogens with zero attached hydrogens (tertiary/aromatic N) is 1. The van der Waals surface area contributed by atoms with Crippen LogP contribution in [0.3, 0.4) is 0 Å².